The van der Waals surface area contributed by atoms with Crippen molar-refractivity contribution in [1.29, 1.82) is 0 Å². The number of rotatable bonds is 4. The molecule has 0 fully saturated rings. The Morgan fingerprint density at radius 1 is 1.26 bits per heavy atom. The molecule has 19 heavy (non-hydrogen) atoms. The van der Waals surface area contributed by atoms with E-state index in [0.717, 1.165) is 24.3 Å². The molecule has 0 atom stereocenters. The van der Waals surface area contributed by atoms with Gasteiger partial charge in [0.15, 0.2) is 0 Å². The molecule has 0 saturated carbocycles. The van der Waals surface area contributed by atoms with E-state index in [2.05, 4.69) is 10.5 Å². The van der Waals surface area contributed by atoms with Crippen molar-refractivity contribution in [2.45, 2.75) is 27.2 Å². The van der Waals surface area contributed by atoms with Crippen molar-refractivity contribution in [3.8, 4) is 17.2 Å². The molecule has 0 aliphatic rings. The normalized spacial score (nSPS) is 11.7. The molecule has 0 unspecified atom stereocenters. The van der Waals surface area contributed by atoms with Gasteiger partial charge in [0.1, 0.15) is 22.8 Å². The summed E-state index contributed by atoms with van der Waals surface area (Å²) in [6.07, 6.45) is 0.730. The maximum Gasteiger partial charge on any atom is 0.278 e. The minimum atomic E-state index is -0.738. The quantitative estimate of drug-likeness (QED) is 0.494. The molecule has 0 aliphatic heterocycles. The fraction of sp³-hybridized carbons (Fsp3) is 0.385. The summed E-state index contributed by atoms with van der Waals surface area (Å²) in [5.74, 6) is -1.67. The van der Waals surface area contributed by atoms with Crippen molar-refractivity contribution in [2.24, 2.45) is 11.0 Å². The molecular formula is C13H18N2O4. The molecule has 6 heteroatoms. The predicted molar refractivity (Wildman–Crippen MR) is 71.5 cm³/mol. The second-order valence-corrected chi connectivity index (χ2v) is 4.74. The zero-order valence-electron chi connectivity index (χ0n) is 11.1. The van der Waals surface area contributed by atoms with Crippen molar-refractivity contribution >= 4 is 11.6 Å². The number of phenolic OH excluding ortho intramolecular Hbond substituents is 3. The fourth-order valence-electron chi connectivity index (χ4n) is 1.67. The van der Waals surface area contributed by atoms with Crippen molar-refractivity contribution in [3.63, 3.8) is 0 Å². The number of hydrogen-bond acceptors (Lipinski definition) is 5. The zero-order valence-corrected chi connectivity index (χ0v) is 11.1. The van der Waals surface area contributed by atoms with Gasteiger partial charge in [-0.3, -0.25) is 4.79 Å². The number of aromatic hydroxyl groups is 3. The average molecular weight is 266 g/mol. The number of nitrogens with one attached hydrogen (secondary N) is 1. The van der Waals surface area contributed by atoms with Gasteiger partial charge in [0.2, 0.25) is 0 Å². The standard InChI is InChI=1S/C13H18N2O4/c1-7(2)4-8(3)14-15-13(19)12-10(17)5-9(16)6-11(12)18/h5-7,16-18H,4H2,1-3H3,(H,15,19)/b14-8+. The van der Waals surface area contributed by atoms with E-state index in [1.54, 1.807) is 6.92 Å². The van der Waals surface area contributed by atoms with Gasteiger partial charge in [-0.1, -0.05) is 13.8 Å². The molecule has 104 valence electrons. The van der Waals surface area contributed by atoms with Crippen LogP contribution in [0.25, 0.3) is 0 Å². The van der Waals surface area contributed by atoms with Gasteiger partial charge in [0.25, 0.3) is 5.91 Å². The van der Waals surface area contributed by atoms with Gasteiger partial charge >= 0.3 is 0 Å². The second-order valence-electron chi connectivity index (χ2n) is 4.74. The summed E-state index contributed by atoms with van der Waals surface area (Å²) < 4.78 is 0. The summed E-state index contributed by atoms with van der Waals surface area (Å²) in [6.45, 7) is 5.83. The van der Waals surface area contributed by atoms with Crippen LogP contribution in [0.3, 0.4) is 0 Å². The largest absolute Gasteiger partial charge is 0.508 e. The lowest BCUT2D eigenvalue weighted by Crippen LogP contribution is -2.19. The van der Waals surface area contributed by atoms with E-state index in [1.165, 1.54) is 0 Å². The Bertz CT molecular complexity index is 486. The number of benzene rings is 1. The Labute approximate surface area is 111 Å². The summed E-state index contributed by atoms with van der Waals surface area (Å²) in [5.41, 5.74) is 2.67. The maximum absolute atomic E-state index is 11.8. The van der Waals surface area contributed by atoms with Crippen LogP contribution < -0.4 is 5.43 Å². The van der Waals surface area contributed by atoms with Crippen LogP contribution in [-0.4, -0.2) is 26.9 Å². The zero-order chi connectivity index (χ0) is 14.6. The number of nitrogens with zero attached hydrogens (tertiary/aromatic N) is 1. The third-order valence-corrected chi connectivity index (χ3v) is 2.36. The number of amides is 1. The Hall–Kier alpha value is -2.24. The summed E-state index contributed by atoms with van der Waals surface area (Å²) in [6, 6.07) is 1.94. The van der Waals surface area contributed by atoms with Crippen LogP contribution in [-0.2, 0) is 0 Å². The molecule has 1 rings (SSSR count). The first-order valence-electron chi connectivity index (χ1n) is 5.89. The SMILES string of the molecule is C/C(CC(C)C)=N\NC(=O)c1c(O)cc(O)cc1O. The average Bonchev–Trinajstić information content (AvgIpc) is 2.23. The van der Waals surface area contributed by atoms with Crippen LogP contribution in [0.2, 0.25) is 0 Å². The van der Waals surface area contributed by atoms with Gasteiger partial charge in [-0.25, -0.2) is 5.43 Å². The van der Waals surface area contributed by atoms with Crippen molar-refractivity contribution in [2.75, 3.05) is 0 Å². The van der Waals surface area contributed by atoms with E-state index in [4.69, 9.17) is 5.11 Å². The molecule has 4 N–H and O–H groups in total. The highest BCUT2D eigenvalue weighted by molar-refractivity contribution is 6.00. The van der Waals surface area contributed by atoms with E-state index in [-0.39, 0.29) is 11.3 Å². The van der Waals surface area contributed by atoms with Gasteiger partial charge in [0.05, 0.1) is 0 Å². The smallest absolute Gasteiger partial charge is 0.278 e. The highest BCUT2D eigenvalue weighted by atomic mass is 16.3. The van der Waals surface area contributed by atoms with Crippen molar-refractivity contribution in [3.05, 3.63) is 17.7 Å². The first-order chi connectivity index (χ1) is 8.81. The van der Waals surface area contributed by atoms with Crippen LogP contribution in [0.15, 0.2) is 17.2 Å². The molecule has 0 spiro atoms. The lowest BCUT2D eigenvalue weighted by Gasteiger charge is -2.08. The van der Waals surface area contributed by atoms with Crippen LogP contribution in [0.4, 0.5) is 0 Å². The van der Waals surface area contributed by atoms with Crippen LogP contribution in [0, 0.1) is 5.92 Å². The van der Waals surface area contributed by atoms with Crippen LogP contribution in [0.1, 0.15) is 37.6 Å². The molecule has 0 radical (unpaired) electrons. The third kappa shape index (κ3) is 4.17. The summed E-state index contributed by atoms with van der Waals surface area (Å²) in [7, 11) is 0. The van der Waals surface area contributed by atoms with E-state index in [0.29, 0.717) is 5.92 Å². The minimum absolute atomic E-state index is 0.320. The van der Waals surface area contributed by atoms with Crippen molar-refractivity contribution < 1.29 is 20.1 Å². The van der Waals surface area contributed by atoms with E-state index < -0.39 is 17.4 Å². The molecule has 0 aliphatic carbocycles. The van der Waals surface area contributed by atoms with E-state index >= 15 is 0 Å². The number of phenols is 3. The molecule has 0 bridgehead atoms. The van der Waals surface area contributed by atoms with Gasteiger partial charge in [0, 0.05) is 17.8 Å². The van der Waals surface area contributed by atoms with E-state index in [1.807, 2.05) is 13.8 Å². The summed E-state index contributed by atoms with van der Waals surface area (Å²) >= 11 is 0. The van der Waals surface area contributed by atoms with Gasteiger partial charge < -0.3 is 15.3 Å². The number of carbonyl (C=O) groups is 1. The Morgan fingerprint density at radius 3 is 2.26 bits per heavy atom. The monoisotopic (exact) mass is 266 g/mol. The van der Waals surface area contributed by atoms with Gasteiger partial charge in [-0.15, -0.1) is 0 Å². The third-order valence-electron chi connectivity index (χ3n) is 2.36. The highest BCUT2D eigenvalue weighted by Gasteiger charge is 2.17. The Balaban J connectivity index is 2.85. The Morgan fingerprint density at radius 2 is 1.79 bits per heavy atom. The van der Waals surface area contributed by atoms with Crippen molar-refractivity contribution in [1.82, 2.24) is 5.43 Å². The topological polar surface area (TPSA) is 102 Å². The maximum atomic E-state index is 11.8. The molecular weight excluding hydrogens is 248 g/mol. The molecule has 0 aromatic heterocycles. The molecule has 1 aromatic rings. The number of hydrogen-bond donors (Lipinski definition) is 4. The minimum Gasteiger partial charge on any atom is -0.508 e. The lowest BCUT2D eigenvalue weighted by molar-refractivity contribution is 0.0949. The lowest BCUT2D eigenvalue weighted by atomic mass is 10.1. The number of hydrazone groups is 1. The Kier molecular flexibility index (Phi) is 4.74. The second kappa shape index (κ2) is 6.08. The molecule has 6 nitrogen and oxygen atoms in total. The molecule has 1 aromatic carbocycles. The summed E-state index contributed by atoms with van der Waals surface area (Å²) in [4.78, 5) is 11.8. The fourth-order valence-corrected chi connectivity index (χ4v) is 1.67. The summed E-state index contributed by atoms with van der Waals surface area (Å²) in [5, 5.41) is 32.1. The molecule has 0 heterocycles. The highest BCUT2D eigenvalue weighted by Crippen LogP contribution is 2.31. The first-order valence-corrected chi connectivity index (χ1v) is 5.89. The first kappa shape index (κ1) is 14.8. The van der Waals surface area contributed by atoms with Gasteiger partial charge in [-0.05, 0) is 19.3 Å². The molecule has 0 saturated heterocycles. The predicted octanol–water partition coefficient (Wildman–Crippen LogP) is 1.96. The van der Waals surface area contributed by atoms with E-state index in [9.17, 15) is 15.0 Å². The van der Waals surface area contributed by atoms with Crippen LogP contribution in [0.5, 0.6) is 17.2 Å². The molecule has 1 amide bonds. The van der Waals surface area contributed by atoms with Gasteiger partial charge in [-0.2, -0.15) is 5.10 Å². The number of carbonyl (C=O) groups excluding carboxylic acids is 1. The van der Waals surface area contributed by atoms with Crippen LogP contribution >= 0.6 is 0 Å².